The molecule has 1 aliphatic heterocycles. The van der Waals surface area contributed by atoms with Crippen LogP contribution < -0.4 is 11.1 Å². The minimum Gasteiger partial charge on any atom is -0.458 e. The standard InChI is InChI=1S/C16H19NO2.C15H19NO4.C14H17ClFN3.C8H17N.2C8H16O.C8H14O.C6H13NO2/c1-10(2)9-14(11(3)4)17-15(18)12-7-5-6-8-13(12)16(17)19;1-10(2)9-14(11(3)4)20-15(17)12-5-7-13(8-6-12)16(18)19;1-8(2)5-12(9(3)4)18-14-11(16)6-10(7-17)13(15)19-14;4*1-6(2)5-8(9)7(3)4;1-5(2)6(8)7(3)9-4/h5-8,11,14H,1,9H2,2-4H3;5-8,11,14H,1,9H2,2-4H3;6,9,12H,1,5H2,2-4H3,(H,18,19);7-8H,1,5,9H2,2-4H3;2*7-9H,1,5H2,2-4H3;7H,1,5H2,2-4H3;5H,1-4H3/t14-;;12-;8-;;;;/m1.11..../s1. The molecule has 0 fully saturated rings. The summed E-state index contributed by atoms with van der Waals surface area (Å²) < 4.78 is 19.3. The van der Waals surface area contributed by atoms with Gasteiger partial charge in [-0.2, -0.15) is 5.26 Å². The first-order valence-corrected chi connectivity index (χ1v) is 35.6. The highest BCUT2D eigenvalue weighted by molar-refractivity contribution is 6.30. The van der Waals surface area contributed by atoms with Gasteiger partial charge in [-0.25, -0.2) is 19.2 Å². The number of ketones is 1. The molecule has 578 valence electrons. The van der Waals surface area contributed by atoms with Crippen LogP contribution in [0.15, 0.2) is 140 Å². The Morgan fingerprint density at radius 3 is 1.35 bits per heavy atom. The van der Waals surface area contributed by atoms with E-state index < -0.39 is 16.7 Å². The van der Waals surface area contributed by atoms with E-state index in [4.69, 9.17) is 27.3 Å². The highest BCUT2D eigenvalue weighted by Gasteiger charge is 2.40. The number of imide groups is 1. The van der Waals surface area contributed by atoms with E-state index in [1.807, 2.05) is 145 Å². The normalized spacial score (nSPS) is 12.8. The van der Waals surface area contributed by atoms with Crippen LogP contribution in [0.25, 0.3) is 0 Å². The molecule has 3 amide bonds. The van der Waals surface area contributed by atoms with Crippen molar-refractivity contribution in [3.05, 3.63) is 183 Å². The third kappa shape index (κ3) is 45.2. The number of aromatic nitrogens is 1. The summed E-state index contributed by atoms with van der Waals surface area (Å²) in [5.74, 6) is 1.04. The number of carbonyl (C=O) groups excluding carboxylic acids is 5. The highest BCUT2D eigenvalue weighted by Crippen LogP contribution is 2.30. The number of fused-ring (bicyclic) bond motifs is 1. The van der Waals surface area contributed by atoms with E-state index >= 15 is 0 Å². The molecule has 20 heteroatoms. The smallest absolute Gasteiger partial charge is 0.338 e. The number of ether oxygens (including phenoxy) is 1. The highest BCUT2D eigenvalue weighted by atomic mass is 35.5. The second kappa shape index (κ2) is 53.1. The number of hydrogen-bond acceptors (Lipinski definition) is 15. The number of benzene rings is 2. The molecule has 6 atom stereocenters. The van der Waals surface area contributed by atoms with Crippen molar-refractivity contribution in [2.45, 2.75) is 241 Å². The molecule has 0 saturated heterocycles. The van der Waals surface area contributed by atoms with Crippen LogP contribution in [-0.2, 0) is 19.2 Å². The van der Waals surface area contributed by atoms with Crippen molar-refractivity contribution in [2.24, 2.45) is 53.1 Å². The Bertz CT molecular complexity index is 3160. The van der Waals surface area contributed by atoms with E-state index in [0.717, 1.165) is 65.2 Å². The van der Waals surface area contributed by atoms with Crippen LogP contribution in [-0.4, -0.2) is 110 Å². The molecular formula is C83H131ClFN7O11. The van der Waals surface area contributed by atoms with Crippen molar-refractivity contribution >= 4 is 52.6 Å². The predicted molar refractivity (Wildman–Crippen MR) is 424 cm³/mol. The van der Waals surface area contributed by atoms with Crippen molar-refractivity contribution in [3.63, 3.8) is 0 Å². The lowest BCUT2D eigenvalue weighted by Gasteiger charge is -2.29. The van der Waals surface area contributed by atoms with Crippen molar-refractivity contribution in [3.8, 4) is 6.07 Å². The maximum Gasteiger partial charge on any atom is 0.338 e. The number of Topliss-reactive ketones (excluding diaryl/α,β-unsaturated/α-hetero) is 1. The molecule has 103 heavy (non-hydrogen) atoms. The molecule has 0 spiro atoms. The van der Waals surface area contributed by atoms with E-state index in [2.05, 4.69) is 75.0 Å². The van der Waals surface area contributed by atoms with Gasteiger partial charge >= 0.3 is 5.97 Å². The number of nitro benzene ring substituents is 1. The van der Waals surface area contributed by atoms with E-state index in [1.165, 1.54) is 46.9 Å². The minimum absolute atomic E-state index is 0.00231. The Balaban J connectivity index is -0.000000560. The molecule has 2 aromatic carbocycles. The fourth-order valence-corrected chi connectivity index (χ4v) is 8.78. The van der Waals surface area contributed by atoms with Crippen LogP contribution in [0.1, 0.15) is 241 Å². The Labute approximate surface area is 625 Å². The monoisotopic (exact) mass is 1460 g/mol. The summed E-state index contributed by atoms with van der Waals surface area (Å²) in [5.41, 5.74) is 14.2. The first kappa shape index (κ1) is 102. The van der Waals surface area contributed by atoms with E-state index in [-0.39, 0.29) is 106 Å². The van der Waals surface area contributed by atoms with Crippen LogP contribution in [0.3, 0.4) is 0 Å². The quantitative estimate of drug-likeness (QED) is 0.0126. The average molecular weight is 1460 g/mol. The van der Waals surface area contributed by atoms with Crippen molar-refractivity contribution in [1.82, 2.24) is 14.9 Å². The molecule has 3 aromatic rings. The number of nitriles is 1. The van der Waals surface area contributed by atoms with E-state index in [0.29, 0.717) is 59.7 Å². The van der Waals surface area contributed by atoms with Gasteiger partial charge in [-0.3, -0.25) is 39.0 Å². The molecule has 4 rings (SSSR count). The number of allylic oxidation sites excluding steroid dienone is 1. The number of halogens is 2. The molecule has 1 aromatic heterocycles. The fourth-order valence-electron chi connectivity index (χ4n) is 8.60. The minimum atomic E-state index is -0.576. The van der Waals surface area contributed by atoms with Crippen molar-refractivity contribution in [1.29, 1.82) is 5.26 Å². The summed E-state index contributed by atoms with van der Waals surface area (Å²) in [5, 5.41) is 42.0. The third-order valence-corrected chi connectivity index (χ3v) is 15.7. The number of esters is 1. The van der Waals surface area contributed by atoms with Crippen molar-refractivity contribution < 1.29 is 53.1 Å². The maximum atomic E-state index is 13.8. The number of pyridine rings is 1. The number of carbonyl (C=O) groups is 5. The second-order valence-electron chi connectivity index (χ2n) is 29.5. The SMILES string of the molecule is C=C(C)CC(=O)C(C)C.C=C(C)CC(O)C(C)C.C=C(C)CC(O)C(C)C.C=C(C)CC(OC(=O)c1ccc([N+](=O)[O-])cc1)C(C)C.C=C(C)C[C@@H](N)C(C)C.C=C(C)C[C@@H](Nc1nc(Cl)c(C#N)cc1F)C(C)C.C=C(C)C[C@H](C(C)C)N1C(=O)c2ccccc2C1=O.CON(C)C(=O)C(C)C. The summed E-state index contributed by atoms with van der Waals surface area (Å²) in [4.78, 5) is 78.6. The van der Waals surface area contributed by atoms with Crippen LogP contribution >= 0.6 is 11.6 Å². The summed E-state index contributed by atoms with van der Waals surface area (Å²) in [6, 6.07) is 15.5. The molecule has 5 N–H and O–H groups in total. The van der Waals surface area contributed by atoms with Gasteiger partial charge in [0, 0.05) is 62.0 Å². The first-order valence-electron chi connectivity index (χ1n) is 35.2. The largest absolute Gasteiger partial charge is 0.458 e. The lowest BCUT2D eigenvalue weighted by molar-refractivity contribution is -0.384. The number of aliphatic hydroxyl groups excluding tert-OH is 2. The number of aliphatic hydroxyl groups is 2. The number of hydrogen-bond donors (Lipinski definition) is 4. The number of anilines is 1. The molecule has 18 nitrogen and oxygen atoms in total. The van der Waals surface area contributed by atoms with E-state index in [1.54, 1.807) is 37.4 Å². The number of hydroxylamine groups is 2. The lowest BCUT2D eigenvalue weighted by Crippen LogP contribution is -2.43. The van der Waals surface area contributed by atoms with Crippen LogP contribution in [0, 0.1) is 74.6 Å². The van der Waals surface area contributed by atoms with Gasteiger partial charge in [-0.05, 0) is 146 Å². The number of nitrogens with one attached hydrogen (secondary N) is 1. The predicted octanol–water partition coefficient (Wildman–Crippen LogP) is 19.9. The molecule has 0 aliphatic carbocycles. The summed E-state index contributed by atoms with van der Waals surface area (Å²) >= 11 is 5.81. The van der Waals surface area contributed by atoms with Gasteiger partial charge in [0.05, 0.1) is 46.5 Å². The number of rotatable bonds is 29. The zero-order valence-corrected chi connectivity index (χ0v) is 68.1. The zero-order chi connectivity index (χ0) is 81.2. The van der Waals surface area contributed by atoms with E-state index in [9.17, 15) is 48.7 Å². The maximum absolute atomic E-state index is 13.8. The Morgan fingerprint density at radius 2 is 1.08 bits per heavy atom. The molecule has 2 heterocycles. The molecule has 1 aliphatic rings. The third-order valence-electron chi connectivity index (χ3n) is 15.4. The summed E-state index contributed by atoms with van der Waals surface area (Å²) in [6.07, 6.45) is 4.29. The molecule has 3 unspecified atom stereocenters. The number of nitrogens with zero attached hydrogens (tertiary/aromatic N) is 5. The van der Waals surface area contributed by atoms with Crippen LogP contribution in [0.2, 0.25) is 5.15 Å². The Hall–Kier alpha value is -7.73. The van der Waals surface area contributed by atoms with Gasteiger partial charge in [0.1, 0.15) is 23.1 Å². The topological polar surface area (TPSA) is 269 Å². The zero-order valence-electron chi connectivity index (χ0n) is 67.3. The molecule has 0 saturated carbocycles. The van der Waals surface area contributed by atoms with Crippen LogP contribution in [0.5, 0.6) is 0 Å². The van der Waals surface area contributed by atoms with Gasteiger partial charge in [0.2, 0.25) is 5.91 Å². The summed E-state index contributed by atoms with van der Waals surface area (Å²) in [7, 11) is 3.07. The Morgan fingerprint density at radius 1 is 0.650 bits per heavy atom. The molecule has 0 bridgehead atoms. The van der Waals surface area contributed by atoms with Gasteiger partial charge in [0.15, 0.2) is 11.6 Å². The van der Waals surface area contributed by atoms with Crippen molar-refractivity contribution in [2.75, 3.05) is 19.5 Å². The lowest BCUT2D eigenvalue weighted by atomic mass is 9.96. The Kier molecular flexibility index (Phi) is 52.4. The van der Waals surface area contributed by atoms with Crippen LogP contribution in [0.4, 0.5) is 15.9 Å². The number of nitro groups is 1. The number of non-ortho nitro benzene ring substituents is 1. The number of amides is 3. The van der Waals surface area contributed by atoms with Gasteiger partial charge in [-0.1, -0.05) is 180 Å². The molecular weight excluding hydrogens is 1330 g/mol. The number of nitrogens with two attached hydrogens (primary N) is 1. The van der Waals surface area contributed by atoms with Gasteiger partial charge in [-0.15, -0.1) is 39.5 Å². The second-order valence-corrected chi connectivity index (χ2v) is 29.9. The summed E-state index contributed by atoms with van der Waals surface area (Å²) in [6.45, 7) is 71.8. The average Bonchev–Trinajstić information content (AvgIpc) is 1.62. The fraction of sp³-hybridized carbons (Fsp3) is 0.554. The molecule has 0 radical (unpaired) electrons. The van der Waals surface area contributed by atoms with Gasteiger partial charge < -0.3 is 26.0 Å². The first-order chi connectivity index (χ1) is 47.3. The van der Waals surface area contributed by atoms with Gasteiger partial charge in [0.25, 0.3) is 17.5 Å².